The van der Waals surface area contributed by atoms with Crippen LogP contribution in [-0.2, 0) is 9.53 Å². The topological polar surface area (TPSA) is 78.8 Å². The van der Waals surface area contributed by atoms with Crippen LogP contribution in [0.1, 0.15) is 31.2 Å². The van der Waals surface area contributed by atoms with Crippen LogP contribution in [0.3, 0.4) is 0 Å². The van der Waals surface area contributed by atoms with Crippen LogP contribution in [0.5, 0.6) is 0 Å². The molecule has 2 N–H and O–H groups in total. The highest BCUT2D eigenvalue weighted by atomic mass is 32.2. The summed E-state index contributed by atoms with van der Waals surface area (Å²) in [6.45, 7) is 4.26. The van der Waals surface area contributed by atoms with Crippen molar-refractivity contribution in [3.05, 3.63) is 27.9 Å². The number of nitrogens with zero attached hydrogens (tertiary/aromatic N) is 3. The molecule has 7 nitrogen and oxygen atoms in total. The number of unbranched alkanes of at least 4 members (excludes halogenated alkanes) is 1. The van der Waals surface area contributed by atoms with Gasteiger partial charge in [0.15, 0.2) is 10.8 Å². The number of carbonyl (C=O) groups excluding carboxylic acids is 1. The summed E-state index contributed by atoms with van der Waals surface area (Å²) in [5.41, 5.74) is 1.65. The molecular weight excluding hydrogens is 358 g/mol. The summed E-state index contributed by atoms with van der Waals surface area (Å²) in [6.07, 6.45) is 4.88. The zero-order valence-electron chi connectivity index (χ0n) is 14.4. The minimum atomic E-state index is -0.295. The molecule has 1 fully saturated rings. The van der Waals surface area contributed by atoms with Gasteiger partial charge in [-0.15, -0.1) is 11.3 Å². The molecule has 0 amide bonds. The van der Waals surface area contributed by atoms with Gasteiger partial charge in [0, 0.05) is 55.0 Å². The first kappa shape index (κ1) is 18.4. The molecule has 3 heterocycles. The molecule has 1 aromatic heterocycles. The number of esters is 1. The Kier molecular flexibility index (Phi) is 6.46. The van der Waals surface area contributed by atoms with Crippen molar-refractivity contribution in [3.8, 4) is 0 Å². The standard InChI is InChI=1S/C16H23N5O2S2/c1-3-4-5-19-25-20-11-8-13-12(16(22)23-2)9-18-14(21(13)10-11)15-17-6-7-24-15/h6-7,11,19-20H,3-5,8-10H2,1-2H3/t11-/m0/s1. The van der Waals surface area contributed by atoms with Gasteiger partial charge in [0.05, 0.1) is 19.2 Å². The Morgan fingerprint density at radius 2 is 2.44 bits per heavy atom. The number of fused-ring (bicyclic) bond motifs is 1. The Morgan fingerprint density at radius 3 is 3.16 bits per heavy atom. The number of amidine groups is 1. The van der Waals surface area contributed by atoms with Gasteiger partial charge >= 0.3 is 5.97 Å². The van der Waals surface area contributed by atoms with Crippen LogP contribution < -0.4 is 9.44 Å². The number of thiazole rings is 1. The Bertz CT molecular complexity index is 659. The molecule has 0 radical (unpaired) electrons. The van der Waals surface area contributed by atoms with E-state index in [1.54, 1.807) is 17.5 Å². The monoisotopic (exact) mass is 381 g/mol. The van der Waals surface area contributed by atoms with Gasteiger partial charge in [-0.2, -0.15) is 0 Å². The van der Waals surface area contributed by atoms with Crippen LogP contribution >= 0.6 is 23.5 Å². The third-order valence-electron chi connectivity index (χ3n) is 4.15. The minimum Gasteiger partial charge on any atom is -0.466 e. The van der Waals surface area contributed by atoms with Gasteiger partial charge in [0.1, 0.15) is 0 Å². The first-order valence-corrected chi connectivity index (χ1v) is 10.1. The molecule has 1 atom stereocenters. The molecule has 2 aliphatic heterocycles. The largest absolute Gasteiger partial charge is 0.466 e. The van der Waals surface area contributed by atoms with E-state index >= 15 is 0 Å². The van der Waals surface area contributed by atoms with Gasteiger partial charge in [-0.25, -0.2) is 14.5 Å². The van der Waals surface area contributed by atoms with Gasteiger partial charge in [-0.05, 0) is 6.42 Å². The molecule has 0 bridgehead atoms. The maximum atomic E-state index is 12.1. The molecule has 25 heavy (non-hydrogen) atoms. The fourth-order valence-corrected chi connectivity index (χ4v) is 4.20. The highest BCUT2D eigenvalue weighted by Crippen LogP contribution is 2.32. The smallest absolute Gasteiger partial charge is 0.337 e. The average molecular weight is 382 g/mol. The number of rotatable bonds is 8. The summed E-state index contributed by atoms with van der Waals surface area (Å²) in [6, 6.07) is 0.233. The maximum Gasteiger partial charge on any atom is 0.337 e. The zero-order chi connectivity index (χ0) is 17.6. The molecule has 1 saturated heterocycles. The Labute approximate surface area is 156 Å². The summed E-state index contributed by atoms with van der Waals surface area (Å²) in [4.78, 5) is 23.2. The zero-order valence-corrected chi connectivity index (χ0v) is 16.1. The van der Waals surface area contributed by atoms with Crippen molar-refractivity contribution in [1.82, 2.24) is 19.3 Å². The SMILES string of the molecule is CCCCNSN[C@H]1CC2=C(C(=O)OC)CN=C(c3nccs3)N2C1. The van der Waals surface area contributed by atoms with Crippen molar-refractivity contribution >= 4 is 35.3 Å². The van der Waals surface area contributed by atoms with E-state index in [1.807, 2.05) is 5.38 Å². The number of nitrogens with one attached hydrogen (secondary N) is 2. The molecule has 0 spiro atoms. The van der Waals surface area contributed by atoms with Crippen molar-refractivity contribution in [2.45, 2.75) is 32.2 Å². The van der Waals surface area contributed by atoms with Crippen LogP contribution in [0.15, 0.2) is 27.8 Å². The van der Waals surface area contributed by atoms with E-state index in [-0.39, 0.29) is 12.0 Å². The molecule has 3 rings (SSSR count). The van der Waals surface area contributed by atoms with Crippen LogP contribution in [0.2, 0.25) is 0 Å². The Morgan fingerprint density at radius 1 is 1.56 bits per heavy atom. The predicted molar refractivity (Wildman–Crippen MR) is 101 cm³/mol. The van der Waals surface area contributed by atoms with E-state index in [2.05, 4.69) is 31.2 Å². The summed E-state index contributed by atoms with van der Waals surface area (Å²) in [5.74, 6) is 0.558. The van der Waals surface area contributed by atoms with Crippen molar-refractivity contribution in [2.24, 2.45) is 4.99 Å². The lowest BCUT2D eigenvalue weighted by Gasteiger charge is -2.26. The highest BCUT2D eigenvalue weighted by Gasteiger charge is 2.37. The molecule has 0 aliphatic carbocycles. The molecule has 136 valence electrons. The lowest BCUT2D eigenvalue weighted by molar-refractivity contribution is -0.136. The third kappa shape index (κ3) is 4.22. The van der Waals surface area contributed by atoms with Crippen molar-refractivity contribution in [1.29, 1.82) is 0 Å². The summed E-state index contributed by atoms with van der Waals surface area (Å²) in [7, 11) is 1.42. The molecule has 0 aromatic carbocycles. The van der Waals surface area contributed by atoms with E-state index in [0.29, 0.717) is 12.1 Å². The van der Waals surface area contributed by atoms with Crippen LogP contribution in [0, 0.1) is 0 Å². The number of methoxy groups -OCH3 is 1. The van der Waals surface area contributed by atoms with Gasteiger partial charge < -0.3 is 9.64 Å². The fourth-order valence-electron chi connectivity index (χ4n) is 2.90. The lowest BCUT2D eigenvalue weighted by atomic mass is 10.1. The maximum absolute atomic E-state index is 12.1. The quantitative estimate of drug-likeness (QED) is 0.405. The number of hydrogen-bond acceptors (Lipinski definition) is 9. The highest BCUT2D eigenvalue weighted by molar-refractivity contribution is 7.95. The van der Waals surface area contributed by atoms with Gasteiger partial charge in [0.2, 0.25) is 0 Å². The van der Waals surface area contributed by atoms with Gasteiger partial charge in [-0.1, -0.05) is 13.3 Å². The summed E-state index contributed by atoms with van der Waals surface area (Å²) < 4.78 is 11.7. The molecule has 0 unspecified atom stereocenters. The first-order valence-electron chi connectivity index (χ1n) is 8.41. The van der Waals surface area contributed by atoms with Crippen LogP contribution in [0.4, 0.5) is 0 Å². The van der Waals surface area contributed by atoms with Crippen LogP contribution in [-0.4, -0.2) is 54.5 Å². The molecule has 0 saturated carbocycles. The van der Waals surface area contributed by atoms with E-state index < -0.39 is 0 Å². The average Bonchev–Trinajstić information content (AvgIpc) is 3.29. The second-order valence-corrected chi connectivity index (χ2v) is 7.50. The number of ether oxygens (including phenoxy) is 1. The molecule has 1 aromatic rings. The number of hydrogen-bond donors (Lipinski definition) is 2. The fraction of sp³-hybridized carbons (Fsp3) is 0.562. The van der Waals surface area contributed by atoms with E-state index in [0.717, 1.165) is 42.5 Å². The Balaban J connectivity index is 1.71. The normalized spacial score (nSPS) is 19.8. The first-order chi connectivity index (χ1) is 12.2. The minimum absolute atomic E-state index is 0.233. The van der Waals surface area contributed by atoms with Crippen molar-refractivity contribution in [2.75, 3.05) is 26.7 Å². The van der Waals surface area contributed by atoms with Crippen molar-refractivity contribution < 1.29 is 9.53 Å². The summed E-state index contributed by atoms with van der Waals surface area (Å²) >= 11 is 3.09. The Hall–Kier alpha value is -1.42. The van der Waals surface area contributed by atoms with Gasteiger partial charge in [-0.3, -0.25) is 9.71 Å². The lowest BCUT2D eigenvalue weighted by Crippen LogP contribution is -2.36. The third-order valence-corrected chi connectivity index (χ3v) is 5.71. The van der Waals surface area contributed by atoms with Crippen molar-refractivity contribution in [3.63, 3.8) is 0 Å². The second kappa shape index (κ2) is 8.79. The van der Waals surface area contributed by atoms with Crippen LogP contribution in [0.25, 0.3) is 0 Å². The predicted octanol–water partition coefficient (Wildman–Crippen LogP) is 1.95. The molecule has 2 aliphatic rings. The molecule has 9 heteroatoms. The number of carbonyl (C=O) groups is 1. The van der Waals surface area contributed by atoms with E-state index in [9.17, 15) is 4.79 Å². The van der Waals surface area contributed by atoms with E-state index in [1.165, 1.54) is 25.7 Å². The second-order valence-electron chi connectivity index (χ2n) is 5.87. The number of aromatic nitrogens is 1. The summed E-state index contributed by atoms with van der Waals surface area (Å²) in [5, 5.41) is 2.83. The van der Waals surface area contributed by atoms with E-state index in [4.69, 9.17) is 4.74 Å². The molecular formula is C16H23N5O2S2. The van der Waals surface area contributed by atoms with Gasteiger partial charge in [0.25, 0.3) is 0 Å². The number of aliphatic imine (C=N–C) groups is 1.